The smallest absolute Gasteiger partial charge is 0.240 e. The van der Waals surface area contributed by atoms with Crippen molar-refractivity contribution in [2.45, 2.75) is 31.7 Å². The van der Waals surface area contributed by atoms with Crippen molar-refractivity contribution in [3.63, 3.8) is 0 Å². The molecule has 136 valence electrons. The average Bonchev–Trinajstić information content (AvgIpc) is 3.05. The van der Waals surface area contributed by atoms with Gasteiger partial charge in [0.05, 0.1) is 11.4 Å². The van der Waals surface area contributed by atoms with Gasteiger partial charge in [-0.1, -0.05) is 29.8 Å². The molecular weight excluding hydrogens is 371 g/mol. The van der Waals surface area contributed by atoms with E-state index in [1.165, 1.54) is 41.5 Å². The summed E-state index contributed by atoms with van der Waals surface area (Å²) >= 11 is 1.48. The fraction of sp³-hybridized carbons (Fsp3) is 0.211. The number of halogens is 1. The molecule has 1 N–H and O–H groups in total. The number of aromatic nitrogens is 1. The summed E-state index contributed by atoms with van der Waals surface area (Å²) in [5.74, 6) is -0.426. The van der Waals surface area contributed by atoms with Crippen molar-refractivity contribution in [3.8, 4) is 0 Å². The summed E-state index contributed by atoms with van der Waals surface area (Å²) in [5, 5.41) is 0.689. The summed E-state index contributed by atoms with van der Waals surface area (Å²) in [5.41, 5.74) is 2.69. The first-order chi connectivity index (χ1) is 12.3. The molecule has 3 aromatic rings. The molecule has 0 spiro atoms. The van der Waals surface area contributed by atoms with Crippen LogP contribution in [0, 0.1) is 19.7 Å². The number of nitrogens with zero attached hydrogens (tertiary/aromatic N) is 1. The Morgan fingerprint density at radius 1 is 1.12 bits per heavy atom. The highest BCUT2D eigenvalue weighted by Crippen LogP contribution is 2.19. The van der Waals surface area contributed by atoms with Crippen LogP contribution in [0.5, 0.6) is 0 Å². The average molecular weight is 391 g/mol. The lowest BCUT2D eigenvalue weighted by atomic mass is 10.1. The van der Waals surface area contributed by atoms with Crippen molar-refractivity contribution >= 4 is 21.4 Å². The van der Waals surface area contributed by atoms with Gasteiger partial charge in [0.15, 0.2) is 0 Å². The van der Waals surface area contributed by atoms with Crippen LogP contribution in [0.4, 0.5) is 4.39 Å². The van der Waals surface area contributed by atoms with Crippen molar-refractivity contribution in [3.05, 3.63) is 81.1 Å². The first kappa shape index (κ1) is 18.7. The van der Waals surface area contributed by atoms with Gasteiger partial charge >= 0.3 is 0 Å². The number of hydrogen-bond donors (Lipinski definition) is 1. The molecule has 0 fully saturated rings. The lowest BCUT2D eigenvalue weighted by Crippen LogP contribution is -2.23. The molecule has 0 saturated heterocycles. The van der Waals surface area contributed by atoms with Gasteiger partial charge in [0, 0.05) is 17.5 Å². The minimum Gasteiger partial charge on any atom is -0.248 e. The topological polar surface area (TPSA) is 59.1 Å². The number of aryl methyl sites for hydroxylation is 2. The number of hydrogen-bond acceptors (Lipinski definition) is 4. The van der Waals surface area contributed by atoms with Crippen LogP contribution < -0.4 is 4.72 Å². The summed E-state index contributed by atoms with van der Waals surface area (Å²) in [6.45, 7) is 3.69. The third kappa shape index (κ3) is 4.55. The van der Waals surface area contributed by atoms with E-state index in [4.69, 9.17) is 0 Å². The van der Waals surface area contributed by atoms with Gasteiger partial charge in [-0.2, -0.15) is 0 Å². The fourth-order valence-corrected chi connectivity index (χ4v) is 4.50. The zero-order valence-corrected chi connectivity index (χ0v) is 16.1. The number of rotatable bonds is 6. The SMILES string of the molecule is Cc1ccc(Cc2cnc(CNS(=O)(=O)c3ccc(F)c(C)c3)s2)cc1. The Morgan fingerprint density at radius 3 is 2.54 bits per heavy atom. The molecule has 4 nitrogen and oxygen atoms in total. The minimum atomic E-state index is -3.70. The predicted molar refractivity (Wildman–Crippen MR) is 101 cm³/mol. The van der Waals surface area contributed by atoms with Gasteiger partial charge in [-0.3, -0.25) is 0 Å². The highest BCUT2D eigenvalue weighted by atomic mass is 32.2. The molecule has 0 saturated carbocycles. The Bertz CT molecular complexity index is 1010. The van der Waals surface area contributed by atoms with E-state index in [1.807, 2.05) is 6.92 Å². The molecule has 0 atom stereocenters. The molecule has 0 aliphatic heterocycles. The van der Waals surface area contributed by atoms with Crippen LogP contribution in [0.2, 0.25) is 0 Å². The zero-order valence-electron chi connectivity index (χ0n) is 14.5. The van der Waals surface area contributed by atoms with Gasteiger partial charge in [-0.05, 0) is 43.2 Å². The normalized spacial score (nSPS) is 11.7. The Labute approximate surface area is 156 Å². The second-order valence-electron chi connectivity index (χ2n) is 6.12. The largest absolute Gasteiger partial charge is 0.248 e. The fourth-order valence-electron chi connectivity index (χ4n) is 2.44. The van der Waals surface area contributed by atoms with Gasteiger partial charge in [0.1, 0.15) is 10.8 Å². The van der Waals surface area contributed by atoms with E-state index in [9.17, 15) is 12.8 Å². The Morgan fingerprint density at radius 2 is 1.85 bits per heavy atom. The Kier molecular flexibility index (Phi) is 5.50. The zero-order chi connectivity index (χ0) is 18.7. The molecule has 0 unspecified atom stereocenters. The first-order valence-electron chi connectivity index (χ1n) is 8.08. The molecule has 1 aromatic heterocycles. The van der Waals surface area contributed by atoms with Gasteiger partial charge in [-0.25, -0.2) is 22.5 Å². The van der Waals surface area contributed by atoms with Crippen LogP contribution in [-0.2, 0) is 23.0 Å². The molecule has 0 aliphatic carbocycles. The standard InChI is InChI=1S/C19H19FN2O2S2/c1-13-3-5-15(6-4-13)10-16-11-21-19(25-16)12-22-26(23,24)17-7-8-18(20)14(2)9-17/h3-9,11,22H,10,12H2,1-2H3. The summed E-state index contributed by atoms with van der Waals surface area (Å²) in [7, 11) is -3.70. The van der Waals surface area contributed by atoms with E-state index in [1.54, 1.807) is 6.20 Å². The summed E-state index contributed by atoms with van der Waals surface area (Å²) in [4.78, 5) is 5.41. The van der Waals surface area contributed by atoms with Gasteiger partial charge in [0.25, 0.3) is 0 Å². The van der Waals surface area contributed by atoms with Crippen LogP contribution in [0.25, 0.3) is 0 Å². The summed E-state index contributed by atoms with van der Waals surface area (Å²) in [6.07, 6.45) is 2.54. The van der Waals surface area contributed by atoms with E-state index in [0.29, 0.717) is 10.6 Å². The van der Waals surface area contributed by atoms with Crippen molar-refractivity contribution in [2.75, 3.05) is 0 Å². The van der Waals surface area contributed by atoms with Crippen LogP contribution in [-0.4, -0.2) is 13.4 Å². The van der Waals surface area contributed by atoms with Crippen LogP contribution in [0.15, 0.2) is 53.6 Å². The van der Waals surface area contributed by atoms with Gasteiger partial charge < -0.3 is 0 Å². The third-order valence-electron chi connectivity index (χ3n) is 3.95. The van der Waals surface area contributed by atoms with E-state index < -0.39 is 15.8 Å². The van der Waals surface area contributed by atoms with Gasteiger partial charge in [-0.15, -0.1) is 11.3 Å². The lowest BCUT2D eigenvalue weighted by Gasteiger charge is -2.06. The lowest BCUT2D eigenvalue weighted by molar-refractivity contribution is 0.579. The molecular formula is C19H19FN2O2S2. The van der Waals surface area contributed by atoms with Gasteiger partial charge in [0.2, 0.25) is 10.0 Å². The number of thiazole rings is 1. The molecule has 0 radical (unpaired) electrons. The van der Waals surface area contributed by atoms with Crippen molar-refractivity contribution in [1.82, 2.24) is 9.71 Å². The van der Waals surface area contributed by atoms with Crippen LogP contribution >= 0.6 is 11.3 Å². The number of benzene rings is 2. The maximum Gasteiger partial charge on any atom is 0.240 e. The molecule has 1 heterocycles. The maximum absolute atomic E-state index is 13.3. The number of nitrogens with one attached hydrogen (secondary N) is 1. The van der Waals surface area contributed by atoms with Crippen LogP contribution in [0.3, 0.4) is 0 Å². The van der Waals surface area contributed by atoms with Crippen LogP contribution in [0.1, 0.15) is 26.6 Å². The first-order valence-corrected chi connectivity index (χ1v) is 10.4. The predicted octanol–water partition coefficient (Wildman–Crippen LogP) is 3.97. The molecule has 7 heteroatoms. The Balaban J connectivity index is 1.65. The summed E-state index contributed by atoms with van der Waals surface area (Å²) < 4.78 is 40.5. The third-order valence-corrected chi connectivity index (χ3v) is 6.35. The molecule has 0 bridgehead atoms. The monoisotopic (exact) mass is 390 g/mol. The molecule has 0 amide bonds. The van der Waals surface area contributed by atoms with E-state index in [2.05, 4.69) is 34.0 Å². The number of sulfonamides is 1. The second-order valence-corrected chi connectivity index (χ2v) is 9.08. The second kappa shape index (κ2) is 7.65. The molecule has 3 rings (SSSR count). The van der Waals surface area contributed by atoms with Crippen molar-refractivity contribution in [2.24, 2.45) is 0 Å². The highest BCUT2D eigenvalue weighted by Gasteiger charge is 2.16. The van der Waals surface area contributed by atoms with Crippen molar-refractivity contribution < 1.29 is 12.8 Å². The molecule has 26 heavy (non-hydrogen) atoms. The maximum atomic E-state index is 13.3. The van der Waals surface area contributed by atoms with E-state index in [-0.39, 0.29) is 11.4 Å². The van der Waals surface area contributed by atoms with Crippen molar-refractivity contribution in [1.29, 1.82) is 0 Å². The highest BCUT2D eigenvalue weighted by molar-refractivity contribution is 7.89. The van der Waals surface area contributed by atoms with E-state index >= 15 is 0 Å². The molecule has 2 aromatic carbocycles. The minimum absolute atomic E-state index is 0.0489. The molecule has 0 aliphatic rings. The Hall–Kier alpha value is -2.09. The summed E-state index contributed by atoms with van der Waals surface area (Å²) in [6, 6.07) is 12.0. The van der Waals surface area contributed by atoms with E-state index in [0.717, 1.165) is 17.4 Å². The quantitative estimate of drug-likeness (QED) is 0.693.